The fraction of sp³-hybridized carbons (Fsp3) is 0.529. The molecular weight excluding hydrogens is 403 g/mol. The molecule has 0 spiro atoms. The van der Waals surface area contributed by atoms with Crippen LogP contribution >= 0.6 is 24.0 Å². The molecule has 0 aliphatic carbocycles. The number of para-hydroxylation sites is 1. The second-order valence-corrected chi connectivity index (χ2v) is 5.60. The van der Waals surface area contributed by atoms with E-state index >= 15 is 0 Å². The fourth-order valence-electron chi connectivity index (χ4n) is 2.73. The quantitative estimate of drug-likeness (QED) is 0.444. The van der Waals surface area contributed by atoms with Crippen molar-refractivity contribution < 1.29 is 4.79 Å². The Kier molecular flexibility index (Phi) is 8.36. The van der Waals surface area contributed by atoms with Gasteiger partial charge in [-0.3, -0.25) is 9.79 Å². The molecule has 0 radical (unpaired) electrons. The van der Waals surface area contributed by atoms with Crippen LogP contribution in [0.25, 0.3) is 0 Å². The Bertz CT molecular complexity index is 547. The second kappa shape index (κ2) is 9.75. The predicted molar refractivity (Wildman–Crippen MR) is 107 cm³/mol. The van der Waals surface area contributed by atoms with Gasteiger partial charge in [-0.15, -0.1) is 24.0 Å². The van der Waals surface area contributed by atoms with Crippen molar-refractivity contribution >= 4 is 41.5 Å². The van der Waals surface area contributed by atoms with E-state index < -0.39 is 0 Å². The predicted octanol–water partition coefficient (Wildman–Crippen LogP) is 2.50. The first kappa shape index (κ1) is 19.7. The van der Waals surface area contributed by atoms with Gasteiger partial charge in [0, 0.05) is 32.9 Å². The maximum Gasteiger partial charge on any atom is 0.246 e. The molecular formula is C17H27IN4O. The molecule has 128 valence electrons. The van der Waals surface area contributed by atoms with Crippen molar-refractivity contribution in [3.63, 3.8) is 0 Å². The summed E-state index contributed by atoms with van der Waals surface area (Å²) in [5.74, 6) is 0.865. The lowest BCUT2D eigenvalue weighted by Gasteiger charge is -2.23. The van der Waals surface area contributed by atoms with Crippen LogP contribution < -0.4 is 10.2 Å². The van der Waals surface area contributed by atoms with E-state index in [9.17, 15) is 4.79 Å². The van der Waals surface area contributed by atoms with E-state index in [-0.39, 0.29) is 36.4 Å². The van der Waals surface area contributed by atoms with E-state index in [0.29, 0.717) is 0 Å². The number of hydrogen-bond donors (Lipinski definition) is 1. The third-order valence-corrected chi connectivity index (χ3v) is 4.01. The molecule has 1 amide bonds. The van der Waals surface area contributed by atoms with Gasteiger partial charge in [0.2, 0.25) is 5.91 Å². The number of halogens is 1. The van der Waals surface area contributed by atoms with Crippen LogP contribution in [0.5, 0.6) is 0 Å². The zero-order chi connectivity index (χ0) is 15.9. The van der Waals surface area contributed by atoms with Gasteiger partial charge < -0.3 is 15.1 Å². The molecule has 0 unspecified atom stereocenters. The number of anilines is 1. The number of hydrogen-bond acceptors (Lipinski definition) is 2. The molecule has 23 heavy (non-hydrogen) atoms. The summed E-state index contributed by atoms with van der Waals surface area (Å²) < 4.78 is 0. The number of guanidine groups is 1. The van der Waals surface area contributed by atoms with Crippen LogP contribution in [0.15, 0.2) is 29.3 Å². The molecule has 1 aromatic rings. The summed E-state index contributed by atoms with van der Waals surface area (Å²) in [6.07, 6.45) is 3.20. The largest absolute Gasteiger partial charge is 0.347 e. The highest BCUT2D eigenvalue weighted by atomic mass is 127. The highest BCUT2D eigenvalue weighted by Gasteiger charge is 2.24. The molecule has 1 aliphatic rings. The summed E-state index contributed by atoms with van der Waals surface area (Å²) in [6, 6.07) is 8.11. The second-order valence-electron chi connectivity index (χ2n) is 5.60. The number of amides is 1. The first-order valence-electron chi connectivity index (χ1n) is 7.97. The lowest BCUT2D eigenvalue weighted by Crippen LogP contribution is -2.45. The highest BCUT2D eigenvalue weighted by molar-refractivity contribution is 14.0. The molecule has 2 rings (SSSR count). The van der Waals surface area contributed by atoms with Gasteiger partial charge in [-0.05, 0) is 24.5 Å². The van der Waals surface area contributed by atoms with E-state index in [1.165, 1.54) is 5.56 Å². The van der Waals surface area contributed by atoms with Gasteiger partial charge in [-0.2, -0.15) is 0 Å². The normalized spacial score (nSPS) is 13.3. The van der Waals surface area contributed by atoms with E-state index in [1.54, 1.807) is 7.05 Å². The maximum atomic E-state index is 12.5. The summed E-state index contributed by atoms with van der Waals surface area (Å²) >= 11 is 0. The number of fused-ring (bicyclic) bond motifs is 1. The van der Waals surface area contributed by atoms with Gasteiger partial charge >= 0.3 is 0 Å². The van der Waals surface area contributed by atoms with Gasteiger partial charge in [-0.25, -0.2) is 0 Å². The standard InChI is InChI=1S/C17H26N4O.HI/c1-4-5-11-20(3)17(18-2)19-13-16(22)21-12-10-14-8-6-7-9-15(14)21;/h6-9H,4-5,10-13H2,1-3H3,(H,18,19);1H. The minimum Gasteiger partial charge on any atom is -0.347 e. The first-order chi connectivity index (χ1) is 10.7. The van der Waals surface area contributed by atoms with Crippen LogP contribution in [-0.2, 0) is 11.2 Å². The lowest BCUT2D eigenvalue weighted by atomic mass is 10.2. The van der Waals surface area contributed by atoms with Crippen LogP contribution in [0.4, 0.5) is 5.69 Å². The minimum atomic E-state index is 0. The van der Waals surface area contributed by atoms with Crippen molar-refractivity contribution in [3.05, 3.63) is 29.8 Å². The van der Waals surface area contributed by atoms with E-state index in [2.05, 4.69) is 28.2 Å². The van der Waals surface area contributed by atoms with Crippen LogP contribution in [-0.4, -0.2) is 50.5 Å². The zero-order valence-corrected chi connectivity index (χ0v) is 16.5. The molecule has 6 heteroatoms. The average molecular weight is 430 g/mol. The maximum absolute atomic E-state index is 12.5. The van der Waals surface area contributed by atoms with Crippen molar-refractivity contribution in [2.75, 3.05) is 38.6 Å². The Morgan fingerprint density at radius 1 is 1.39 bits per heavy atom. The number of aliphatic imine (C=N–C) groups is 1. The summed E-state index contributed by atoms with van der Waals surface area (Å²) in [5.41, 5.74) is 2.30. The number of benzene rings is 1. The number of nitrogens with zero attached hydrogens (tertiary/aromatic N) is 3. The van der Waals surface area contributed by atoms with Gasteiger partial charge in [0.1, 0.15) is 0 Å². The molecule has 1 heterocycles. The van der Waals surface area contributed by atoms with E-state index in [1.807, 2.05) is 30.1 Å². The molecule has 1 aromatic carbocycles. The van der Waals surface area contributed by atoms with Crippen molar-refractivity contribution in [3.8, 4) is 0 Å². The fourth-order valence-corrected chi connectivity index (χ4v) is 2.73. The number of rotatable bonds is 5. The molecule has 0 aromatic heterocycles. The van der Waals surface area contributed by atoms with Crippen LogP contribution in [0, 0.1) is 0 Å². The topological polar surface area (TPSA) is 47.9 Å². The SMILES string of the molecule is CCCCN(C)C(=NC)NCC(=O)N1CCc2ccccc21.I. The lowest BCUT2D eigenvalue weighted by molar-refractivity contribution is -0.117. The summed E-state index contributed by atoms with van der Waals surface area (Å²) in [6.45, 7) is 4.15. The monoisotopic (exact) mass is 430 g/mol. The smallest absolute Gasteiger partial charge is 0.246 e. The van der Waals surface area contributed by atoms with Crippen molar-refractivity contribution in [2.24, 2.45) is 4.99 Å². The van der Waals surface area contributed by atoms with Crippen LogP contribution in [0.1, 0.15) is 25.3 Å². The molecule has 0 saturated heterocycles. The Hall–Kier alpha value is -1.31. The Balaban J connectivity index is 0.00000264. The molecule has 0 bridgehead atoms. The highest BCUT2D eigenvalue weighted by Crippen LogP contribution is 2.27. The van der Waals surface area contributed by atoms with E-state index in [0.717, 1.165) is 44.0 Å². The van der Waals surface area contributed by atoms with Crippen molar-refractivity contribution in [1.29, 1.82) is 0 Å². The van der Waals surface area contributed by atoms with Crippen molar-refractivity contribution in [2.45, 2.75) is 26.2 Å². The summed E-state index contributed by atoms with van der Waals surface area (Å²) in [7, 11) is 3.75. The third-order valence-electron chi connectivity index (χ3n) is 4.01. The third kappa shape index (κ3) is 5.09. The molecule has 5 nitrogen and oxygen atoms in total. The molecule has 0 saturated carbocycles. The van der Waals surface area contributed by atoms with Crippen molar-refractivity contribution in [1.82, 2.24) is 10.2 Å². The average Bonchev–Trinajstić information content (AvgIpc) is 2.97. The van der Waals surface area contributed by atoms with Gasteiger partial charge in [-0.1, -0.05) is 31.5 Å². The molecule has 1 aliphatic heterocycles. The van der Waals surface area contributed by atoms with Crippen LogP contribution in [0.3, 0.4) is 0 Å². The molecule has 0 fully saturated rings. The zero-order valence-electron chi connectivity index (χ0n) is 14.2. The van der Waals surface area contributed by atoms with E-state index in [4.69, 9.17) is 0 Å². The Labute approximate surface area is 156 Å². The Morgan fingerprint density at radius 3 is 2.83 bits per heavy atom. The summed E-state index contributed by atoms with van der Waals surface area (Å²) in [4.78, 5) is 20.6. The Morgan fingerprint density at radius 2 is 2.13 bits per heavy atom. The number of carbonyl (C=O) groups is 1. The number of nitrogens with one attached hydrogen (secondary N) is 1. The first-order valence-corrected chi connectivity index (χ1v) is 7.97. The van der Waals surface area contributed by atoms with Gasteiger partial charge in [0.15, 0.2) is 5.96 Å². The number of carbonyl (C=O) groups excluding carboxylic acids is 1. The van der Waals surface area contributed by atoms with Crippen LogP contribution in [0.2, 0.25) is 0 Å². The number of unbranched alkanes of at least 4 members (excludes halogenated alkanes) is 1. The minimum absolute atomic E-state index is 0. The van der Waals surface area contributed by atoms with Gasteiger partial charge in [0.05, 0.1) is 6.54 Å². The molecule has 0 atom stereocenters. The summed E-state index contributed by atoms with van der Waals surface area (Å²) in [5, 5.41) is 3.17. The van der Waals surface area contributed by atoms with Gasteiger partial charge in [0.25, 0.3) is 0 Å². The molecule has 1 N–H and O–H groups in total.